The fourth-order valence-electron chi connectivity index (χ4n) is 8.10. The first kappa shape index (κ1) is 116. The SMILES string of the molecule is CC(C)(C)O.CC(C)(C)OC(=O)Nc1sccc1Br.COC(=O)/C=C/C(C)Br.COC(=O)/C=C/C(C)N(C(=O)OC(C)(C)C)c1sccc1Br.COC(=O)Cc1c(C)[nH]c2sccc12.COC(=O)Cc1c(C)n(C(=O)OC(C)(C)C)c2sccc12.O=C(O)c1sccc1Br.O=CO[O-].[H-].[K+].[K+].[N-]=[N+]=NP(=O)(Oc1ccccc1)Oc1ccccc1. The number of carboxylic acid groups (broad SMARTS) is 1. The number of anilines is 2. The van der Waals surface area contributed by atoms with Crippen LogP contribution in [0, 0.1) is 13.8 Å². The number of benzene rings is 2. The molecule has 42 heteroatoms. The molecule has 0 bridgehead atoms. The molecule has 0 aliphatic heterocycles. The minimum atomic E-state index is -3.95. The van der Waals surface area contributed by atoms with Crippen molar-refractivity contribution in [2.24, 2.45) is 4.88 Å². The van der Waals surface area contributed by atoms with Crippen LogP contribution in [-0.4, -0.2) is 136 Å². The third kappa shape index (κ3) is 48.4. The number of halogens is 4. The third-order valence-electron chi connectivity index (χ3n) is 12.7. The number of allylic oxidation sites excluding steroid dienone is 1. The summed E-state index contributed by atoms with van der Waals surface area (Å²) in [7, 11) is 1.47. The van der Waals surface area contributed by atoms with Gasteiger partial charge in [0.2, 0.25) is 0 Å². The van der Waals surface area contributed by atoms with E-state index in [2.05, 4.69) is 103 Å². The number of aromatic nitrogens is 2. The predicted molar refractivity (Wildman–Crippen MR) is 471 cm³/mol. The van der Waals surface area contributed by atoms with Crippen LogP contribution in [0.2, 0.25) is 0 Å². The Balaban J connectivity index is -0.00000132. The molecular formula is C77H96Br4K2N7O23PS5. The summed E-state index contributed by atoms with van der Waals surface area (Å²) in [5.74, 6) is -1.59. The molecule has 0 aliphatic rings. The van der Waals surface area contributed by atoms with Gasteiger partial charge in [-0.3, -0.25) is 24.6 Å². The molecule has 0 aliphatic carbocycles. The minimum absolute atomic E-state index is 0. The maximum atomic E-state index is 12.5. The number of esters is 4. The number of aliphatic hydroxyl groups is 1. The molecule has 642 valence electrons. The van der Waals surface area contributed by atoms with Gasteiger partial charge in [-0.05, 0) is 257 Å². The number of aromatic carboxylic acids is 1. The molecule has 0 fully saturated rings. The summed E-state index contributed by atoms with van der Waals surface area (Å²) < 4.78 is 60.8. The van der Waals surface area contributed by atoms with Gasteiger partial charge in [0.25, 0.3) is 6.47 Å². The Morgan fingerprint density at radius 3 is 1.50 bits per heavy atom. The molecule has 30 nitrogen and oxygen atoms in total. The second kappa shape index (κ2) is 58.7. The number of carbonyl (C=O) groups is 9. The van der Waals surface area contributed by atoms with Crippen LogP contribution in [0.1, 0.15) is 131 Å². The number of aryl methyl sites for hydroxylation is 1. The average molecular weight is 2080 g/mol. The van der Waals surface area contributed by atoms with Gasteiger partial charge in [0.15, 0.2) is 0 Å². The molecule has 7 aromatic heterocycles. The Bertz CT molecular complexity index is 4740. The molecule has 7 heterocycles. The Labute approximate surface area is 831 Å². The van der Waals surface area contributed by atoms with Crippen molar-refractivity contribution in [3.63, 3.8) is 0 Å². The first-order valence-electron chi connectivity index (χ1n) is 34.2. The van der Waals surface area contributed by atoms with E-state index in [0.29, 0.717) is 27.3 Å². The molecule has 2 amide bonds. The van der Waals surface area contributed by atoms with Gasteiger partial charge in [0.1, 0.15) is 52.8 Å². The molecule has 119 heavy (non-hydrogen) atoms. The van der Waals surface area contributed by atoms with Crippen molar-refractivity contribution in [2.75, 3.05) is 38.7 Å². The van der Waals surface area contributed by atoms with Gasteiger partial charge >= 0.3 is 159 Å². The molecule has 2 unspecified atom stereocenters. The predicted octanol–water partition coefficient (Wildman–Crippen LogP) is 15.6. The zero-order valence-corrected chi connectivity index (χ0v) is 87.3. The van der Waals surface area contributed by atoms with Crippen molar-refractivity contribution < 1.29 is 214 Å². The van der Waals surface area contributed by atoms with Crippen molar-refractivity contribution in [3.05, 3.63) is 193 Å². The van der Waals surface area contributed by atoms with Crippen LogP contribution in [0.15, 0.2) is 161 Å². The second-order valence-electron chi connectivity index (χ2n) is 27.0. The number of methoxy groups -OCH3 is 4. The maximum Gasteiger partial charge on any atom is 1.00 e. The van der Waals surface area contributed by atoms with E-state index in [-0.39, 0.29) is 146 Å². The number of nitrogens with one attached hydrogen (secondary N) is 2. The van der Waals surface area contributed by atoms with E-state index in [1.165, 1.54) is 95.4 Å². The zero-order valence-electron chi connectivity index (χ0n) is 70.7. The molecular weight excluding hydrogens is 1980 g/mol. The van der Waals surface area contributed by atoms with E-state index >= 15 is 0 Å². The number of thiophene rings is 5. The summed E-state index contributed by atoms with van der Waals surface area (Å²) in [4.78, 5) is 115. The minimum Gasteiger partial charge on any atom is -1.00 e. The van der Waals surface area contributed by atoms with E-state index in [1.54, 1.807) is 123 Å². The van der Waals surface area contributed by atoms with Crippen molar-refractivity contribution in [1.29, 1.82) is 0 Å². The van der Waals surface area contributed by atoms with Crippen LogP contribution in [0.4, 0.5) is 24.4 Å². The Morgan fingerprint density at radius 2 is 1.09 bits per heavy atom. The number of aromatic amines is 1. The molecule has 9 aromatic rings. The number of para-hydroxylation sites is 2. The van der Waals surface area contributed by atoms with Crippen molar-refractivity contribution >= 4 is 213 Å². The number of nitrogens with zero attached hydrogens (tertiary/aromatic N) is 5. The number of carboxylic acids is 1. The van der Waals surface area contributed by atoms with Gasteiger partial charge in [-0.1, -0.05) is 64.5 Å². The summed E-state index contributed by atoms with van der Waals surface area (Å²) in [5, 5.41) is 41.0. The molecule has 0 saturated heterocycles. The Morgan fingerprint density at radius 1 is 0.647 bits per heavy atom. The van der Waals surface area contributed by atoms with Gasteiger partial charge in [0, 0.05) is 53.4 Å². The normalized spacial score (nSPS) is 11.1. The fourth-order valence-corrected chi connectivity index (χ4v) is 15.5. The Kier molecular flexibility index (Phi) is 57.0. The van der Waals surface area contributed by atoms with Gasteiger partial charge in [-0.15, -0.1) is 56.7 Å². The van der Waals surface area contributed by atoms with Gasteiger partial charge < -0.3 is 69.0 Å². The maximum absolute atomic E-state index is 12.5. The van der Waals surface area contributed by atoms with Crippen molar-refractivity contribution in [1.82, 2.24) is 9.55 Å². The largest absolute Gasteiger partial charge is 1.00 e. The number of azide groups is 1. The summed E-state index contributed by atoms with van der Waals surface area (Å²) in [5.41, 5.74) is 9.97. The van der Waals surface area contributed by atoms with Gasteiger partial charge in [-0.25, -0.2) is 37.9 Å². The average Bonchev–Trinajstić information content (AvgIpc) is 1.61. The van der Waals surface area contributed by atoms with Crippen LogP contribution < -0.4 is 127 Å². The van der Waals surface area contributed by atoms with E-state index in [0.717, 1.165) is 61.9 Å². The van der Waals surface area contributed by atoms with Crippen LogP contribution >= 0.6 is 128 Å². The fraction of sp³-hybridized carbons (Fsp3) is 0.364. The van der Waals surface area contributed by atoms with E-state index in [9.17, 15) is 42.9 Å². The van der Waals surface area contributed by atoms with Gasteiger partial charge in [-0.2, -0.15) is 0 Å². The van der Waals surface area contributed by atoms with E-state index in [1.807, 2.05) is 129 Å². The van der Waals surface area contributed by atoms with Crippen molar-refractivity contribution in [2.45, 2.75) is 157 Å². The quantitative estimate of drug-likeness (QED) is 0.00504. The van der Waals surface area contributed by atoms with Crippen molar-refractivity contribution in [3.8, 4) is 11.5 Å². The molecule has 2 aromatic carbocycles. The number of fused-ring (bicyclic) bond motifs is 2. The standard InChI is InChI=1S/C15H20BrNO4S.C15H19NO4S.C12H10N3O3P.C10H11NO2S.C9H12BrNO2S.C6H9BrO2.C5H3BrO2S.C4H10O.CH2O3.2K.H/c1-10(6-7-12(18)20-5)17(13-11(16)8-9-22-13)14(19)21-15(2,3)4;1-9-11(8-12(17)19-5)10-6-7-21-13(10)16(9)14(18)20-15(2,3)4;13-14-15-19(16,17-11-7-3-1-4-8-11)18-12-9-5-2-6-10-12;1-6-8(5-9(12)13-2)7-3-4-14-10(7)11-6;1-9(2,3)13-8(12)11-7-6(10)4-5-14-7;1-5(7)3-4-6(8)9-2;6-3-1-2-9-4(3)5(7)8;1-4(2,3)5;2-1-4-3;;;/h6-10H,1-5H3;6-7H,8H2,1-5H3;1-10H;3-4,11H,5H2,1-2H3;4-5H,1-3H3,(H,11,12);3-5H,1-2H3;1-2H,(H,7,8);5H,1-3H3;1,3H;;;/q;;;;;;;;;2*+1;-1/p-1/b7-6+;;;;;4-3+;;;;;;. The van der Waals surface area contributed by atoms with Crippen LogP contribution in [-0.2, 0) is 79.4 Å². The second-order valence-corrected chi connectivity index (χ2v) is 37.0. The third-order valence-corrected chi connectivity index (χ3v) is 21.4. The molecule has 0 spiro atoms. The number of amides is 2. The smallest absolute Gasteiger partial charge is 1.00 e. The summed E-state index contributed by atoms with van der Waals surface area (Å²) >= 11 is 20.2. The van der Waals surface area contributed by atoms with Crippen LogP contribution in [0.25, 0.3) is 30.9 Å². The van der Waals surface area contributed by atoms with Crippen LogP contribution in [0.3, 0.4) is 0 Å². The van der Waals surface area contributed by atoms with E-state index in [4.69, 9.17) is 53.8 Å². The molecule has 0 saturated carbocycles. The first-order valence-corrected chi connectivity index (χ1v) is 43.4. The summed E-state index contributed by atoms with van der Waals surface area (Å²) in [6.07, 6.45) is 5.16. The number of hydrogen-bond donors (Lipinski definition) is 4. The summed E-state index contributed by atoms with van der Waals surface area (Å²) in [6, 6.07) is 25.8. The number of hydrogen-bond acceptors (Lipinski definition) is 27. The topological polar surface area (TPSA) is 411 Å². The summed E-state index contributed by atoms with van der Waals surface area (Å²) in [6.45, 7) is 28.9. The number of alkyl halides is 1. The Hall–Kier alpha value is -5.42. The first-order chi connectivity index (χ1) is 54.5. The molecule has 0 radical (unpaired) electrons. The van der Waals surface area contributed by atoms with E-state index < -0.39 is 60.4 Å². The number of H-pyrrole nitrogens is 1. The number of ether oxygens (including phenoxy) is 7. The molecule has 2 atom stereocenters. The number of rotatable bonds is 18. The molecule has 9 rings (SSSR count). The monoisotopic (exact) mass is 2070 g/mol. The van der Waals surface area contributed by atoms with Crippen LogP contribution in [0.5, 0.6) is 11.5 Å². The number of carbonyl (C=O) groups excluding carboxylic acids is 8. The van der Waals surface area contributed by atoms with Gasteiger partial charge in [0.05, 0.1) is 61.9 Å². The zero-order chi connectivity index (χ0) is 89.2. The molecule has 4 N–H and O–H groups in total.